The maximum Gasteiger partial charge on any atom is 0.289 e. The lowest BCUT2D eigenvalue weighted by atomic mass is 9.92. The highest BCUT2D eigenvalue weighted by molar-refractivity contribution is 7.89. The molecule has 1 aromatic heterocycles. The zero-order valence-corrected chi connectivity index (χ0v) is 14.2. The fourth-order valence-corrected chi connectivity index (χ4v) is 3.62. The van der Waals surface area contributed by atoms with Crippen LogP contribution in [-0.4, -0.2) is 50.8 Å². The molecule has 1 aromatic rings. The molecule has 0 aromatic carbocycles. The minimum absolute atomic E-state index is 0.0811. The van der Waals surface area contributed by atoms with E-state index in [2.05, 4.69) is 6.92 Å². The van der Waals surface area contributed by atoms with Gasteiger partial charge < -0.3 is 20.8 Å². The van der Waals surface area contributed by atoms with Crippen LogP contribution < -0.4 is 16.2 Å². The van der Waals surface area contributed by atoms with Crippen LogP contribution in [0.25, 0.3) is 0 Å². The number of carbonyl (C=O) groups excluding carboxylic acids is 2. The molecule has 2 rings (SSSR count). The van der Waals surface area contributed by atoms with Gasteiger partial charge in [0, 0.05) is 19.1 Å². The SMILES string of the molecule is CC1CCN(C(=O)c2ccc(S(=O)(=O)NCC(N)=O)o2)C(CN)C1. The van der Waals surface area contributed by atoms with E-state index in [0.717, 1.165) is 12.8 Å². The first kappa shape index (κ1) is 18.4. The molecular weight excluding hydrogens is 336 g/mol. The monoisotopic (exact) mass is 358 g/mol. The summed E-state index contributed by atoms with van der Waals surface area (Å²) in [5.41, 5.74) is 10.6. The predicted molar refractivity (Wildman–Crippen MR) is 85.4 cm³/mol. The maximum atomic E-state index is 12.6. The Morgan fingerprint density at radius 2 is 2.12 bits per heavy atom. The van der Waals surface area contributed by atoms with Crippen molar-refractivity contribution in [2.45, 2.75) is 30.9 Å². The molecule has 1 fully saturated rings. The molecule has 0 aliphatic carbocycles. The molecule has 1 saturated heterocycles. The van der Waals surface area contributed by atoms with E-state index in [1.54, 1.807) is 4.90 Å². The average Bonchev–Trinajstić information content (AvgIpc) is 3.03. The molecule has 0 spiro atoms. The van der Waals surface area contributed by atoms with Crippen LogP contribution in [0.1, 0.15) is 30.3 Å². The third-order valence-electron chi connectivity index (χ3n) is 4.00. The van der Waals surface area contributed by atoms with E-state index in [-0.39, 0.29) is 11.8 Å². The van der Waals surface area contributed by atoms with Gasteiger partial charge >= 0.3 is 0 Å². The summed E-state index contributed by atoms with van der Waals surface area (Å²) < 4.78 is 31.1. The number of nitrogens with two attached hydrogens (primary N) is 2. The van der Waals surface area contributed by atoms with Gasteiger partial charge in [-0.15, -0.1) is 0 Å². The Kier molecular flexibility index (Phi) is 5.62. The summed E-state index contributed by atoms with van der Waals surface area (Å²) in [4.78, 5) is 24.9. The number of likely N-dealkylation sites (tertiary alicyclic amines) is 1. The van der Waals surface area contributed by atoms with Crippen LogP contribution in [0.3, 0.4) is 0 Å². The lowest BCUT2D eigenvalue weighted by Gasteiger charge is -2.37. The topological polar surface area (TPSA) is 149 Å². The van der Waals surface area contributed by atoms with Crippen LogP contribution in [0.15, 0.2) is 21.6 Å². The minimum Gasteiger partial charge on any atom is -0.438 e. The van der Waals surface area contributed by atoms with E-state index in [9.17, 15) is 18.0 Å². The Labute approximate surface area is 140 Å². The molecule has 1 aliphatic rings. The molecule has 2 atom stereocenters. The molecule has 9 nitrogen and oxygen atoms in total. The summed E-state index contributed by atoms with van der Waals surface area (Å²) in [7, 11) is -4.04. The number of sulfonamides is 1. The number of rotatable bonds is 6. The summed E-state index contributed by atoms with van der Waals surface area (Å²) in [6, 6.07) is 2.37. The number of nitrogens with zero attached hydrogens (tertiary/aromatic N) is 1. The van der Waals surface area contributed by atoms with Gasteiger partial charge in [-0.3, -0.25) is 9.59 Å². The predicted octanol–water partition coefficient (Wildman–Crippen LogP) is -0.757. The Morgan fingerprint density at radius 1 is 1.42 bits per heavy atom. The first-order valence-corrected chi connectivity index (χ1v) is 9.11. The number of hydrogen-bond acceptors (Lipinski definition) is 6. The molecule has 24 heavy (non-hydrogen) atoms. The molecule has 2 unspecified atom stereocenters. The third kappa shape index (κ3) is 4.13. The normalized spacial score (nSPS) is 21.7. The number of nitrogens with one attached hydrogen (secondary N) is 1. The molecule has 2 heterocycles. The van der Waals surface area contributed by atoms with Crippen molar-refractivity contribution in [3.8, 4) is 0 Å². The van der Waals surface area contributed by atoms with Crippen LogP contribution in [0.4, 0.5) is 0 Å². The minimum atomic E-state index is -4.04. The van der Waals surface area contributed by atoms with Crippen LogP contribution in [0.5, 0.6) is 0 Å². The summed E-state index contributed by atoms with van der Waals surface area (Å²) in [6.45, 7) is 2.44. The lowest BCUT2D eigenvalue weighted by Crippen LogP contribution is -2.49. The first-order chi connectivity index (χ1) is 11.2. The van der Waals surface area contributed by atoms with Crippen LogP contribution >= 0.6 is 0 Å². The molecule has 1 aliphatic heterocycles. The van der Waals surface area contributed by atoms with Gasteiger partial charge in [-0.25, -0.2) is 8.42 Å². The van der Waals surface area contributed by atoms with Crippen molar-refractivity contribution in [3.05, 3.63) is 17.9 Å². The van der Waals surface area contributed by atoms with Gasteiger partial charge in [-0.2, -0.15) is 4.72 Å². The Morgan fingerprint density at radius 3 is 2.75 bits per heavy atom. The zero-order chi connectivity index (χ0) is 17.9. The van der Waals surface area contributed by atoms with Crippen LogP contribution in [0, 0.1) is 5.92 Å². The Hall–Kier alpha value is -1.91. The molecule has 0 bridgehead atoms. The van der Waals surface area contributed by atoms with Gasteiger partial charge in [0.25, 0.3) is 15.9 Å². The maximum absolute atomic E-state index is 12.6. The fourth-order valence-electron chi connectivity index (χ4n) is 2.70. The van der Waals surface area contributed by atoms with Gasteiger partial charge in [0.05, 0.1) is 6.54 Å². The number of hydrogen-bond donors (Lipinski definition) is 3. The third-order valence-corrected chi connectivity index (χ3v) is 5.28. The van der Waals surface area contributed by atoms with Crippen molar-refractivity contribution in [1.29, 1.82) is 0 Å². The number of amides is 2. The largest absolute Gasteiger partial charge is 0.438 e. The molecule has 10 heteroatoms. The molecule has 2 amide bonds. The molecule has 0 radical (unpaired) electrons. The standard InChI is InChI=1S/C14H22N4O5S/c1-9-4-5-18(10(6-9)7-15)14(20)11-2-3-13(23-11)24(21,22)17-8-12(16)19/h2-3,9-10,17H,4-8,15H2,1H3,(H2,16,19). The van der Waals surface area contributed by atoms with E-state index in [1.807, 2.05) is 4.72 Å². The van der Waals surface area contributed by atoms with E-state index >= 15 is 0 Å². The second kappa shape index (κ2) is 7.32. The first-order valence-electron chi connectivity index (χ1n) is 7.63. The van der Waals surface area contributed by atoms with E-state index in [1.165, 1.54) is 12.1 Å². The highest BCUT2D eigenvalue weighted by Gasteiger charge is 2.32. The highest BCUT2D eigenvalue weighted by atomic mass is 32.2. The number of carbonyl (C=O) groups is 2. The van der Waals surface area contributed by atoms with E-state index in [4.69, 9.17) is 15.9 Å². The number of piperidine rings is 1. The number of primary amides is 1. The van der Waals surface area contributed by atoms with Gasteiger partial charge in [0.15, 0.2) is 5.76 Å². The van der Waals surface area contributed by atoms with Crippen molar-refractivity contribution >= 4 is 21.8 Å². The molecular formula is C14H22N4O5S. The lowest BCUT2D eigenvalue weighted by molar-refractivity contribution is -0.116. The van der Waals surface area contributed by atoms with Crippen LogP contribution in [0.2, 0.25) is 0 Å². The van der Waals surface area contributed by atoms with E-state index in [0.29, 0.717) is 19.0 Å². The highest BCUT2D eigenvalue weighted by Crippen LogP contribution is 2.24. The van der Waals surface area contributed by atoms with Gasteiger partial charge in [0.2, 0.25) is 11.0 Å². The smallest absolute Gasteiger partial charge is 0.289 e. The molecule has 5 N–H and O–H groups in total. The second-order valence-electron chi connectivity index (χ2n) is 5.93. The molecule has 0 saturated carbocycles. The van der Waals surface area contributed by atoms with Crippen LogP contribution in [-0.2, 0) is 14.8 Å². The van der Waals surface area contributed by atoms with Gasteiger partial charge in [0.1, 0.15) is 0 Å². The quantitative estimate of drug-likeness (QED) is 0.609. The van der Waals surface area contributed by atoms with Crippen molar-refractivity contribution in [2.24, 2.45) is 17.4 Å². The summed E-state index contributed by atoms with van der Waals surface area (Å²) in [5, 5.41) is -0.443. The van der Waals surface area contributed by atoms with Crippen molar-refractivity contribution in [1.82, 2.24) is 9.62 Å². The van der Waals surface area contributed by atoms with Crippen molar-refractivity contribution in [2.75, 3.05) is 19.6 Å². The Balaban J connectivity index is 2.14. The van der Waals surface area contributed by atoms with Crippen molar-refractivity contribution in [3.63, 3.8) is 0 Å². The van der Waals surface area contributed by atoms with Gasteiger partial charge in [-0.1, -0.05) is 6.92 Å². The molecule has 134 valence electrons. The second-order valence-corrected chi connectivity index (χ2v) is 7.63. The van der Waals surface area contributed by atoms with E-state index < -0.39 is 33.5 Å². The zero-order valence-electron chi connectivity index (χ0n) is 13.4. The summed E-state index contributed by atoms with van der Waals surface area (Å²) >= 11 is 0. The van der Waals surface area contributed by atoms with Gasteiger partial charge in [-0.05, 0) is 30.9 Å². The average molecular weight is 358 g/mol. The summed E-state index contributed by atoms with van der Waals surface area (Å²) in [5.74, 6) is -0.820. The summed E-state index contributed by atoms with van der Waals surface area (Å²) in [6.07, 6.45) is 1.66. The number of furan rings is 1. The Bertz CT molecular complexity index is 715. The fraction of sp³-hybridized carbons (Fsp3) is 0.571. The van der Waals surface area contributed by atoms with Crippen molar-refractivity contribution < 1.29 is 22.4 Å².